The summed E-state index contributed by atoms with van der Waals surface area (Å²) in [5, 5.41) is 2.97. The number of carbonyl (C=O) groups excluding carboxylic acids is 2. The van der Waals surface area contributed by atoms with Gasteiger partial charge in [-0.25, -0.2) is 9.18 Å². The Bertz CT molecular complexity index is 1720. The molecular weight excluding hydrogens is 598 g/mol. The molecule has 4 rings (SSSR count). The third-order valence-corrected chi connectivity index (χ3v) is 7.57. The third kappa shape index (κ3) is 7.32. The van der Waals surface area contributed by atoms with Crippen molar-refractivity contribution in [3.05, 3.63) is 98.1 Å². The number of nitrogens with one attached hydrogen (secondary N) is 1. The van der Waals surface area contributed by atoms with E-state index in [1.165, 1.54) is 17.8 Å². The maximum absolute atomic E-state index is 13.5. The molecule has 0 saturated heterocycles. The lowest BCUT2D eigenvalue weighted by atomic mass is 9.93. The molecule has 3 aromatic carbocycles. The molecule has 4 aromatic rings. The summed E-state index contributed by atoms with van der Waals surface area (Å²) in [7, 11) is 0. The van der Waals surface area contributed by atoms with E-state index < -0.39 is 41.2 Å². The van der Waals surface area contributed by atoms with Gasteiger partial charge in [0.05, 0.1) is 35.6 Å². The maximum atomic E-state index is 13.5. The van der Waals surface area contributed by atoms with Crippen molar-refractivity contribution >= 4 is 51.9 Å². The van der Waals surface area contributed by atoms with E-state index in [9.17, 15) is 31.9 Å². The maximum Gasteiger partial charge on any atom is 0.418 e. The minimum atomic E-state index is -4.93. The third-order valence-electron chi connectivity index (χ3n) is 6.19. The first-order valence-electron chi connectivity index (χ1n) is 12.6. The lowest BCUT2D eigenvalue weighted by Crippen LogP contribution is -2.22. The Morgan fingerprint density at radius 3 is 2.57 bits per heavy atom. The molecule has 0 aliphatic carbocycles. The number of hydrogen-bond donors (Lipinski definition) is 1. The fourth-order valence-electron chi connectivity index (χ4n) is 4.35. The summed E-state index contributed by atoms with van der Waals surface area (Å²) >= 11 is 7.60. The number of aryl methyl sites for hydroxylation is 1. The Morgan fingerprint density at radius 1 is 1.10 bits per heavy atom. The van der Waals surface area contributed by atoms with E-state index >= 15 is 0 Å². The number of amides is 1. The van der Waals surface area contributed by atoms with Crippen molar-refractivity contribution in [3.8, 4) is 11.1 Å². The summed E-state index contributed by atoms with van der Waals surface area (Å²) in [6.45, 7) is 3.74. The normalized spacial score (nSPS) is 11.5. The number of carbonyl (C=O) groups is 2. The molecule has 42 heavy (non-hydrogen) atoms. The largest absolute Gasteiger partial charge is 0.465 e. The zero-order valence-corrected chi connectivity index (χ0v) is 23.9. The van der Waals surface area contributed by atoms with Crippen LogP contribution in [0.15, 0.2) is 63.8 Å². The number of fused-ring (bicyclic) bond motifs is 1. The number of thioether (sulfide) groups is 1. The van der Waals surface area contributed by atoms with Gasteiger partial charge in [0, 0.05) is 27.8 Å². The average Bonchev–Trinajstić information content (AvgIpc) is 2.91. The quantitative estimate of drug-likeness (QED) is 0.118. The van der Waals surface area contributed by atoms with Gasteiger partial charge in [-0.05, 0) is 54.8 Å². The Balaban J connectivity index is 1.75. The van der Waals surface area contributed by atoms with Crippen molar-refractivity contribution in [1.82, 2.24) is 0 Å². The highest BCUT2D eigenvalue weighted by Gasteiger charge is 2.34. The summed E-state index contributed by atoms with van der Waals surface area (Å²) in [6.07, 6.45) is -5.56. The Kier molecular flexibility index (Phi) is 9.63. The van der Waals surface area contributed by atoms with Gasteiger partial charge in [-0.15, -0.1) is 11.8 Å². The van der Waals surface area contributed by atoms with E-state index in [0.29, 0.717) is 32.9 Å². The second-order valence-corrected chi connectivity index (χ2v) is 10.6. The van der Waals surface area contributed by atoms with Gasteiger partial charge in [-0.1, -0.05) is 35.9 Å². The zero-order chi connectivity index (χ0) is 30.6. The van der Waals surface area contributed by atoms with Gasteiger partial charge in [-0.2, -0.15) is 13.2 Å². The molecule has 0 unspecified atom stereocenters. The van der Waals surface area contributed by atoms with Crippen LogP contribution in [0.2, 0.25) is 5.02 Å². The molecule has 0 atom stereocenters. The molecule has 1 heterocycles. The fourth-order valence-corrected chi connectivity index (χ4v) is 5.27. The number of anilines is 1. The van der Waals surface area contributed by atoms with Crippen LogP contribution in [0.1, 0.15) is 29.2 Å². The van der Waals surface area contributed by atoms with Crippen LogP contribution in [0.3, 0.4) is 0 Å². The van der Waals surface area contributed by atoms with Gasteiger partial charge in [0.1, 0.15) is 11.4 Å². The van der Waals surface area contributed by atoms with Crippen molar-refractivity contribution in [2.45, 2.75) is 32.2 Å². The number of hydrogen-bond acceptors (Lipinski definition) is 6. The first kappa shape index (κ1) is 31.1. The standard InChI is InChI=1S/C30H24ClF4NO5S/c1-3-40-27(38)15-42-14-17-5-4-6-18(10-17)28-20-9-16(2)23(31)13-25(20)41-29(39)21(28)12-26(37)36-24-8-7-19(32)11-22(24)30(33,34)35/h4-11,13H,3,12,14-15H2,1-2H3,(H,36,37). The summed E-state index contributed by atoms with van der Waals surface area (Å²) in [5.74, 6) is -1.82. The van der Waals surface area contributed by atoms with Gasteiger partial charge in [0.2, 0.25) is 5.91 Å². The van der Waals surface area contributed by atoms with E-state index in [-0.39, 0.29) is 35.5 Å². The molecule has 0 bridgehead atoms. The number of halogens is 5. The van der Waals surface area contributed by atoms with Gasteiger partial charge >= 0.3 is 17.8 Å². The van der Waals surface area contributed by atoms with Crippen LogP contribution in [0.5, 0.6) is 0 Å². The summed E-state index contributed by atoms with van der Waals surface area (Å²) < 4.78 is 64.4. The minimum absolute atomic E-state index is 0.0891. The Morgan fingerprint density at radius 2 is 1.86 bits per heavy atom. The van der Waals surface area contributed by atoms with E-state index in [2.05, 4.69) is 5.32 Å². The Labute approximate surface area is 247 Å². The highest BCUT2D eigenvalue weighted by Crippen LogP contribution is 2.37. The van der Waals surface area contributed by atoms with E-state index in [1.807, 2.05) is 6.07 Å². The predicted octanol–water partition coefficient (Wildman–Crippen LogP) is 7.56. The molecule has 0 radical (unpaired) electrons. The smallest absolute Gasteiger partial charge is 0.418 e. The number of rotatable bonds is 9. The van der Waals surface area contributed by atoms with E-state index in [1.54, 1.807) is 38.1 Å². The predicted molar refractivity (Wildman–Crippen MR) is 154 cm³/mol. The minimum Gasteiger partial charge on any atom is -0.465 e. The van der Waals surface area contributed by atoms with E-state index in [0.717, 1.165) is 17.7 Å². The molecule has 6 nitrogen and oxygen atoms in total. The van der Waals surface area contributed by atoms with Gasteiger partial charge in [0.15, 0.2) is 0 Å². The van der Waals surface area contributed by atoms with Gasteiger partial charge < -0.3 is 14.5 Å². The molecule has 1 N–H and O–H groups in total. The summed E-state index contributed by atoms with van der Waals surface area (Å²) in [4.78, 5) is 38.0. The van der Waals surface area contributed by atoms with E-state index in [4.69, 9.17) is 20.8 Å². The first-order valence-corrected chi connectivity index (χ1v) is 14.2. The van der Waals surface area contributed by atoms with Crippen LogP contribution >= 0.6 is 23.4 Å². The number of ether oxygens (including phenoxy) is 1. The molecule has 0 aliphatic rings. The van der Waals surface area contributed by atoms with Crippen LogP contribution in [-0.2, 0) is 32.7 Å². The lowest BCUT2D eigenvalue weighted by molar-refractivity contribution is -0.140. The molecule has 0 spiro atoms. The van der Waals surface area contributed by atoms with Gasteiger partial charge in [-0.3, -0.25) is 9.59 Å². The molecule has 0 saturated carbocycles. The van der Waals surface area contributed by atoms with Gasteiger partial charge in [0.25, 0.3) is 0 Å². The topological polar surface area (TPSA) is 85.6 Å². The second-order valence-electron chi connectivity index (χ2n) is 9.25. The second kappa shape index (κ2) is 13.0. The monoisotopic (exact) mass is 621 g/mol. The van der Waals surface area contributed by atoms with Crippen molar-refractivity contribution in [3.63, 3.8) is 0 Å². The molecule has 0 aliphatic heterocycles. The Hall–Kier alpha value is -3.83. The number of alkyl halides is 3. The number of benzene rings is 3. The summed E-state index contributed by atoms with van der Waals surface area (Å²) in [5.41, 5.74) is -0.438. The zero-order valence-electron chi connectivity index (χ0n) is 22.4. The van der Waals surface area contributed by atoms with Crippen LogP contribution in [0.4, 0.5) is 23.2 Å². The van der Waals surface area contributed by atoms with Crippen molar-refractivity contribution in [1.29, 1.82) is 0 Å². The highest BCUT2D eigenvalue weighted by molar-refractivity contribution is 7.99. The number of esters is 1. The summed E-state index contributed by atoms with van der Waals surface area (Å²) in [6, 6.07) is 12.1. The fraction of sp³-hybridized carbons (Fsp3) is 0.233. The molecule has 0 fully saturated rings. The van der Waals surface area contributed by atoms with Crippen molar-refractivity contribution in [2.75, 3.05) is 17.7 Å². The van der Waals surface area contributed by atoms with Crippen LogP contribution in [-0.4, -0.2) is 24.2 Å². The molecular formula is C30H24ClF4NO5S. The van der Waals surface area contributed by atoms with Crippen LogP contribution in [0.25, 0.3) is 22.1 Å². The SMILES string of the molecule is CCOC(=O)CSCc1cccc(-c2c(CC(=O)Nc3ccc(F)cc3C(F)(F)F)c(=O)oc3cc(Cl)c(C)cc23)c1. The average molecular weight is 622 g/mol. The van der Waals surface area contributed by atoms with Crippen molar-refractivity contribution < 1.29 is 36.3 Å². The molecule has 1 aromatic heterocycles. The molecule has 12 heteroatoms. The highest BCUT2D eigenvalue weighted by atomic mass is 35.5. The van der Waals surface area contributed by atoms with Crippen LogP contribution in [0, 0.1) is 12.7 Å². The molecule has 1 amide bonds. The van der Waals surface area contributed by atoms with Crippen LogP contribution < -0.4 is 10.9 Å². The van der Waals surface area contributed by atoms with Crippen molar-refractivity contribution in [2.24, 2.45) is 0 Å². The lowest BCUT2D eigenvalue weighted by Gasteiger charge is -2.16. The first-order chi connectivity index (χ1) is 19.9. The molecule has 220 valence electrons.